The summed E-state index contributed by atoms with van der Waals surface area (Å²) in [5.41, 5.74) is 0.872. The fraction of sp³-hybridized carbons (Fsp3) is 0.250. The molecule has 7 heteroatoms. The molecule has 0 heterocycles. The van der Waals surface area contributed by atoms with Crippen LogP contribution in [0.4, 0.5) is 0 Å². The smallest absolute Gasteiger partial charge is 0.308 e. The zero-order valence-corrected chi connectivity index (χ0v) is 15.5. The van der Waals surface area contributed by atoms with Gasteiger partial charge in [-0.2, -0.15) is 0 Å². The zero-order chi connectivity index (χ0) is 20.0. The van der Waals surface area contributed by atoms with E-state index in [1.54, 1.807) is 36.4 Å². The molecule has 142 valence electrons. The number of ketones is 1. The average Bonchev–Trinajstić information content (AvgIpc) is 2.62. The number of Topliss-reactive ketones (excluding diaryl/α,β-unsaturated/α-hetero) is 1. The van der Waals surface area contributed by atoms with Crippen LogP contribution in [0.3, 0.4) is 0 Å². The highest BCUT2D eigenvalue weighted by Crippen LogP contribution is 2.33. The van der Waals surface area contributed by atoms with Gasteiger partial charge >= 0.3 is 11.9 Å². The maximum absolute atomic E-state index is 12.8. The SMILES string of the molecule is COc1cc(CC(=O)c2cccc(OC)c2OC(C)=O)ccc1OC(C)=O. The molecule has 0 bridgehead atoms. The van der Waals surface area contributed by atoms with Gasteiger partial charge in [-0.25, -0.2) is 0 Å². The van der Waals surface area contributed by atoms with Gasteiger partial charge in [0.05, 0.1) is 19.8 Å². The molecule has 0 amide bonds. The molecule has 2 aromatic carbocycles. The Morgan fingerprint density at radius 1 is 0.815 bits per heavy atom. The Hall–Kier alpha value is -3.35. The molecule has 0 fully saturated rings. The van der Waals surface area contributed by atoms with Crippen LogP contribution in [0, 0.1) is 0 Å². The van der Waals surface area contributed by atoms with Crippen LogP contribution in [0.15, 0.2) is 36.4 Å². The van der Waals surface area contributed by atoms with Crippen molar-refractivity contribution < 1.29 is 33.3 Å². The van der Waals surface area contributed by atoms with Gasteiger partial charge in [0.1, 0.15) is 0 Å². The molecule has 2 rings (SSSR count). The molecule has 0 aliphatic carbocycles. The summed E-state index contributed by atoms with van der Waals surface area (Å²) in [4.78, 5) is 35.3. The number of hydrogen-bond acceptors (Lipinski definition) is 7. The highest BCUT2D eigenvalue weighted by atomic mass is 16.6. The molecule has 0 radical (unpaired) electrons. The predicted octanol–water partition coefficient (Wildman–Crippen LogP) is 2.98. The standard InChI is InChI=1S/C20H20O7/c1-12(21)26-17-9-8-14(11-19(17)25-4)10-16(23)15-6-5-7-18(24-3)20(15)27-13(2)22/h5-9,11H,10H2,1-4H3. The zero-order valence-electron chi connectivity index (χ0n) is 15.5. The summed E-state index contributed by atoms with van der Waals surface area (Å²) in [6, 6.07) is 9.64. The first kappa shape index (κ1) is 20.0. The van der Waals surface area contributed by atoms with E-state index in [4.69, 9.17) is 18.9 Å². The minimum atomic E-state index is -0.555. The van der Waals surface area contributed by atoms with E-state index in [1.165, 1.54) is 28.1 Å². The summed E-state index contributed by atoms with van der Waals surface area (Å²) in [5, 5.41) is 0. The second-order valence-electron chi connectivity index (χ2n) is 5.61. The van der Waals surface area contributed by atoms with Crippen molar-refractivity contribution in [2.45, 2.75) is 20.3 Å². The Morgan fingerprint density at radius 2 is 1.48 bits per heavy atom. The first-order valence-electron chi connectivity index (χ1n) is 8.09. The number of methoxy groups -OCH3 is 2. The van der Waals surface area contributed by atoms with Crippen molar-refractivity contribution in [2.75, 3.05) is 14.2 Å². The fourth-order valence-electron chi connectivity index (χ4n) is 2.49. The van der Waals surface area contributed by atoms with Gasteiger partial charge < -0.3 is 18.9 Å². The summed E-state index contributed by atoms with van der Waals surface area (Å²) < 4.78 is 20.6. The highest BCUT2D eigenvalue weighted by molar-refractivity contribution is 6.01. The van der Waals surface area contributed by atoms with E-state index in [-0.39, 0.29) is 29.3 Å². The van der Waals surface area contributed by atoms with Gasteiger partial charge in [-0.05, 0) is 29.8 Å². The van der Waals surface area contributed by atoms with E-state index in [1.807, 2.05) is 0 Å². The maximum Gasteiger partial charge on any atom is 0.308 e. The first-order valence-corrected chi connectivity index (χ1v) is 8.09. The summed E-state index contributed by atoms with van der Waals surface area (Å²) in [6.45, 7) is 2.54. The molecule has 0 aliphatic rings. The molecule has 0 unspecified atom stereocenters. The number of ether oxygens (including phenoxy) is 4. The maximum atomic E-state index is 12.8. The van der Waals surface area contributed by atoms with Gasteiger partial charge in [0, 0.05) is 20.3 Å². The number of esters is 2. The van der Waals surface area contributed by atoms with Crippen LogP contribution in [0.5, 0.6) is 23.0 Å². The minimum absolute atomic E-state index is 0.0259. The van der Waals surface area contributed by atoms with E-state index in [0.717, 1.165) is 0 Å². The topological polar surface area (TPSA) is 88.1 Å². The van der Waals surface area contributed by atoms with Crippen LogP contribution in [0.25, 0.3) is 0 Å². The van der Waals surface area contributed by atoms with Crippen molar-refractivity contribution >= 4 is 17.7 Å². The third-order valence-corrected chi connectivity index (χ3v) is 3.59. The van der Waals surface area contributed by atoms with Gasteiger partial charge in [0.2, 0.25) is 0 Å². The lowest BCUT2D eigenvalue weighted by atomic mass is 10.0. The van der Waals surface area contributed by atoms with Crippen molar-refractivity contribution in [3.8, 4) is 23.0 Å². The average molecular weight is 372 g/mol. The van der Waals surface area contributed by atoms with Gasteiger partial charge in [-0.1, -0.05) is 12.1 Å². The molecule has 0 saturated heterocycles. The largest absolute Gasteiger partial charge is 0.493 e. The number of benzene rings is 2. The van der Waals surface area contributed by atoms with Crippen molar-refractivity contribution in [3.05, 3.63) is 47.5 Å². The van der Waals surface area contributed by atoms with Crippen molar-refractivity contribution in [1.82, 2.24) is 0 Å². The molecular formula is C20H20O7. The van der Waals surface area contributed by atoms with Gasteiger partial charge in [0.15, 0.2) is 28.8 Å². The number of rotatable bonds is 7. The summed E-state index contributed by atoms with van der Waals surface area (Å²) >= 11 is 0. The van der Waals surface area contributed by atoms with Gasteiger partial charge in [-0.3, -0.25) is 14.4 Å². The van der Waals surface area contributed by atoms with E-state index >= 15 is 0 Å². The number of para-hydroxylation sites is 1. The Morgan fingerprint density at radius 3 is 2.07 bits per heavy atom. The number of hydrogen-bond donors (Lipinski definition) is 0. The van der Waals surface area contributed by atoms with E-state index in [0.29, 0.717) is 17.1 Å². The molecule has 0 spiro atoms. The highest BCUT2D eigenvalue weighted by Gasteiger charge is 2.19. The molecule has 7 nitrogen and oxygen atoms in total. The molecule has 0 atom stereocenters. The molecule has 0 aliphatic heterocycles. The van der Waals surface area contributed by atoms with Crippen LogP contribution >= 0.6 is 0 Å². The van der Waals surface area contributed by atoms with Crippen molar-refractivity contribution in [1.29, 1.82) is 0 Å². The summed E-state index contributed by atoms with van der Waals surface area (Å²) in [5.74, 6) is -0.322. The normalized spacial score (nSPS) is 10.1. The van der Waals surface area contributed by atoms with E-state index in [9.17, 15) is 14.4 Å². The fourth-order valence-corrected chi connectivity index (χ4v) is 2.49. The molecule has 27 heavy (non-hydrogen) atoms. The molecule has 0 N–H and O–H groups in total. The number of carbonyl (C=O) groups excluding carboxylic acids is 3. The molecular weight excluding hydrogens is 352 g/mol. The van der Waals surface area contributed by atoms with Crippen molar-refractivity contribution in [2.24, 2.45) is 0 Å². The monoisotopic (exact) mass is 372 g/mol. The predicted molar refractivity (Wildman–Crippen MR) is 96.6 cm³/mol. The van der Waals surface area contributed by atoms with E-state index < -0.39 is 11.9 Å². The third kappa shape index (κ3) is 5.07. The van der Waals surface area contributed by atoms with E-state index in [2.05, 4.69) is 0 Å². The summed E-state index contributed by atoms with van der Waals surface area (Å²) in [6.07, 6.45) is 0.0259. The Kier molecular flexibility index (Phi) is 6.54. The Balaban J connectivity index is 2.32. The Bertz CT molecular complexity index is 871. The van der Waals surface area contributed by atoms with Crippen LogP contribution in [-0.4, -0.2) is 31.9 Å². The molecule has 0 aromatic heterocycles. The van der Waals surface area contributed by atoms with Gasteiger partial charge in [0.25, 0.3) is 0 Å². The van der Waals surface area contributed by atoms with Crippen molar-refractivity contribution in [3.63, 3.8) is 0 Å². The number of carbonyl (C=O) groups is 3. The lowest BCUT2D eigenvalue weighted by Gasteiger charge is -2.13. The third-order valence-electron chi connectivity index (χ3n) is 3.59. The second-order valence-corrected chi connectivity index (χ2v) is 5.61. The van der Waals surface area contributed by atoms with Crippen LogP contribution in [0.2, 0.25) is 0 Å². The quantitative estimate of drug-likeness (QED) is 0.419. The van der Waals surface area contributed by atoms with Crippen LogP contribution < -0.4 is 18.9 Å². The van der Waals surface area contributed by atoms with Crippen LogP contribution in [0.1, 0.15) is 29.8 Å². The van der Waals surface area contributed by atoms with Crippen LogP contribution in [-0.2, 0) is 16.0 Å². The van der Waals surface area contributed by atoms with Gasteiger partial charge in [-0.15, -0.1) is 0 Å². The first-order chi connectivity index (χ1) is 12.8. The molecule has 2 aromatic rings. The molecule has 0 saturated carbocycles. The Labute approximate surface area is 156 Å². The summed E-state index contributed by atoms with van der Waals surface area (Å²) in [7, 11) is 2.87. The minimum Gasteiger partial charge on any atom is -0.493 e. The lowest BCUT2D eigenvalue weighted by molar-refractivity contribution is -0.132. The lowest BCUT2D eigenvalue weighted by Crippen LogP contribution is -2.11. The second kappa shape index (κ2) is 8.84.